The summed E-state index contributed by atoms with van der Waals surface area (Å²) in [6, 6.07) is 7.00. The summed E-state index contributed by atoms with van der Waals surface area (Å²) in [6.07, 6.45) is -1.58. The van der Waals surface area contributed by atoms with Crippen molar-refractivity contribution in [3.63, 3.8) is 0 Å². The molecule has 4 nitrogen and oxygen atoms in total. The summed E-state index contributed by atoms with van der Waals surface area (Å²) >= 11 is 0. The second-order valence-corrected chi connectivity index (χ2v) is 4.91. The van der Waals surface area contributed by atoms with E-state index in [1.54, 1.807) is 6.92 Å². The highest BCUT2D eigenvalue weighted by molar-refractivity contribution is 5.97. The molecule has 0 bridgehead atoms. The molecule has 1 atom stereocenters. The highest BCUT2D eigenvalue weighted by atomic mass is 19.1. The molecule has 0 saturated heterocycles. The van der Waals surface area contributed by atoms with Gasteiger partial charge in [0.25, 0.3) is 5.91 Å². The third kappa shape index (κ3) is 3.86. The molecule has 1 unspecified atom stereocenters. The van der Waals surface area contributed by atoms with Gasteiger partial charge in [0.2, 0.25) is 0 Å². The molecule has 2 aromatic carbocycles. The fourth-order valence-electron chi connectivity index (χ4n) is 2.19. The van der Waals surface area contributed by atoms with Gasteiger partial charge in [0.15, 0.2) is 11.6 Å². The SMILES string of the molecule is CCOc1c(F)cccc1C(=O)NCC(O)c1c(F)cccc1F. The Balaban J connectivity index is 2.12. The number of aliphatic hydroxyl groups is 1. The number of carbonyl (C=O) groups excluding carboxylic acids is 1. The molecule has 0 heterocycles. The van der Waals surface area contributed by atoms with Crippen LogP contribution in [0, 0.1) is 17.5 Å². The van der Waals surface area contributed by atoms with E-state index in [9.17, 15) is 23.1 Å². The van der Waals surface area contributed by atoms with Crippen LogP contribution in [0.15, 0.2) is 36.4 Å². The van der Waals surface area contributed by atoms with Gasteiger partial charge in [-0.05, 0) is 31.2 Å². The lowest BCUT2D eigenvalue weighted by Crippen LogP contribution is -2.29. The summed E-state index contributed by atoms with van der Waals surface area (Å²) in [5.74, 6) is -3.49. The van der Waals surface area contributed by atoms with Crippen LogP contribution in [-0.4, -0.2) is 24.2 Å². The Morgan fingerprint density at radius 2 is 1.71 bits per heavy atom. The molecule has 2 aromatic rings. The van der Waals surface area contributed by atoms with E-state index in [0.717, 1.165) is 18.2 Å². The van der Waals surface area contributed by atoms with Crippen LogP contribution in [0.1, 0.15) is 28.9 Å². The monoisotopic (exact) mass is 339 g/mol. The number of halogens is 3. The van der Waals surface area contributed by atoms with Gasteiger partial charge in [-0.1, -0.05) is 12.1 Å². The van der Waals surface area contributed by atoms with Crippen LogP contribution in [0.4, 0.5) is 13.2 Å². The Labute approximate surface area is 136 Å². The van der Waals surface area contributed by atoms with Crippen molar-refractivity contribution in [3.8, 4) is 5.75 Å². The first-order valence-electron chi connectivity index (χ1n) is 7.27. The summed E-state index contributed by atoms with van der Waals surface area (Å²) in [4.78, 5) is 12.1. The van der Waals surface area contributed by atoms with Crippen molar-refractivity contribution in [1.29, 1.82) is 0 Å². The third-order valence-corrected chi connectivity index (χ3v) is 3.29. The van der Waals surface area contributed by atoms with Crippen molar-refractivity contribution < 1.29 is 27.8 Å². The summed E-state index contributed by atoms with van der Waals surface area (Å²) in [7, 11) is 0. The molecule has 24 heavy (non-hydrogen) atoms. The lowest BCUT2D eigenvalue weighted by Gasteiger charge is -2.15. The molecule has 0 aliphatic heterocycles. The maximum atomic E-state index is 13.7. The molecule has 0 aliphatic carbocycles. The van der Waals surface area contributed by atoms with Gasteiger partial charge >= 0.3 is 0 Å². The van der Waals surface area contributed by atoms with E-state index in [1.807, 2.05) is 0 Å². The van der Waals surface area contributed by atoms with Crippen molar-refractivity contribution in [2.45, 2.75) is 13.0 Å². The molecular formula is C17H16F3NO3. The van der Waals surface area contributed by atoms with E-state index in [4.69, 9.17) is 4.74 Å². The number of benzene rings is 2. The zero-order valence-electron chi connectivity index (χ0n) is 12.9. The topological polar surface area (TPSA) is 58.6 Å². The number of aliphatic hydroxyl groups excluding tert-OH is 1. The minimum absolute atomic E-state index is 0.0712. The fraction of sp³-hybridized carbons (Fsp3) is 0.235. The quantitative estimate of drug-likeness (QED) is 0.851. The first kappa shape index (κ1) is 17.8. The molecule has 2 rings (SSSR count). The Bertz CT molecular complexity index is 717. The molecule has 0 saturated carbocycles. The Morgan fingerprint density at radius 3 is 2.33 bits per heavy atom. The first-order chi connectivity index (χ1) is 11.5. The molecule has 0 aliphatic rings. The number of para-hydroxylation sites is 1. The second kappa shape index (κ2) is 7.83. The Morgan fingerprint density at radius 1 is 1.12 bits per heavy atom. The summed E-state index contributed by atoms with van der Waals surface area (Å²) < 4.78 is 46.0. The van der Waals surface area contributed by atoms with Crippen LogP contribution in [0.25, 0.3) is 0 Å². The van der Waals surface area contributed by atoms with Crippen LogP contribution < -0.4 is 10.1 Å². The maximum absolute atomic E-state index is 13.7. The zero-order chi connectivity index (χ0) is 17.7. The van der Waals surface area contributed by atoms with Gasteiger partial charge in [-0.3, -0.25) is 4.79 Å². The molecule has 0 spiro atoms. The van der Waals surface area contributed by atoms with Gasteiger partial charge in [-0.25, -0.2) is 13.2 Å². The average molecular weight is 339 g/mol. The van der Waals surface area contributed by atoms with Crippen LogP contribution in [0.3, 0.4) is 0 Å². The standard InChI is InChI=1S/C17H16F3NO3/c1-2-24-16-10(5-3-8-13(16)20)17(23)21-9-14(22)15-11(18)6-4-7-12(15)19/h3-8,14,22H,2,9H2,1H3,(H,21,23). The van der Waals surface area contributed by atoms with Gasteiger partial charge in [-0.2, -0.15) is 0 Å². The third-order valence-electron chi connectivity index (χ3n) is 3.29. The molecule has 2 N–H and O–H groups in total. The van der Waals surface area contributed by atoms with Crippen molar-refractivity contribution >= 4 is 5.91 Å². The maximum Gasteiger partial charge on any atom is 0.255 e. The van der Waals surface area contributed by atoms with E-state index >= 15 is 0 Å². The van der Waals surface area contributed by atoms with Crippen molar-refractivity contribution in [2.24, 2.45) is 0 Å². The van der Waals surface area contributed by atoms with Crippen LogP contribution >= 0.6 is 0 Å². The van der Waals surface area contributed by atoms with E-state index in [-0.39, 0.29) is 17.9 Å². The van der Waals surface area contributed by atoms with Gasteiger partial charge < -0.3 is 15.2 Å². The fourth-order valence-corrected chi connectivity index (χ4v) is 2.19. The summed E-state index contributed by atoms with van der Waals surface area (Å²) in [5.41, 5.74) is -0.611. The Hall–Kier alpha value is -2.54. The highest BCUT2D eigenvalue weighted by Gasteiger charge is 2.21. The molecule has 1 amide bonds. The van der Waals surface area contributed by atoms with Crippen LogP contribution in [-0.2, 0) is 0 Å². The van der Waals surface area contributed by atoms with E-state index < -0.39 is 41.6 Å². The lowest BCUT2D eigenvalue weighted by molar-refractivity contribution is 0.0906. The number of amides is 1. The van der Waals surface area contributed by atoms with Gasteiger partial charge in [0.05, 0.1) is 17.7 Å². The smallest absolute Gasteiger partial charge is 0.255 e. The summed E-state index contributed by atoms with van der Waals surface area (Å²) in [6.45, 7) is 1.35. The molecule has 128 valence electrons. The minimum Gasteiger partial charge on any atom is -0.490 e. The summed E-state index contributed by atoms with van der Waals surface area (Å²) in [5, 5.41) is 12.2. The Kier molecular flexibility index (Phi) is 5.81. The van der Waals surface area contributed by atoms with E-state index in [0.29, 0.717) is 0 Å². The van der Waals surface area contributed by atoms with Gasteiger partial charge in [-0.15, -0.1) is 0 Å². The number of nitrogens with one attached hydrogen (secondary N) is 1. The highest BCUT2D eigenvalue weighted by Crippen LogP contribution is 2.23. The molecular weight excluding hydrogens is 323 g/mol. The normalized spacial score (nSPS) is 11.9. The van der Waals surface area contributed by atoms with Crippen LogP contribution in [0.5, 0.6) is 5.75 Å². The molecule has 0 radical (unpaired) electrons. The number of ether oxygens (including phenoxy) is 1. The number of carbonyl (C=O) groups is 1. The number of rotatable bonds is 6. The van der Waals surface area contributed by atoms with E-state index in [2.05, 4.69) is 5.32 Å². The number of hydrogen-bond donors (Lipinski definition) is 2. The molecule has 7 heteroatoms. The van der Waals surface area contributed by atoms with Crippen molar-refractivity contribution in [3.05, 3.63) is 65.0 Å². The van der Waals surface area contributed by atoms with E-state index in [1.165, 1.54) is 18.2 Å². The van der Waals surface area contributed by atoms with Crippen molar-refractivity contribution in [1.82, 2.24) is 5.32 Å². The van der Waals surface area contributed by atoms with Gasteiger partial charge in [0, 0.05) is 6.54 Å². The number of hydrogen-bond acceptors (Lipinski definition) is 3. The average Bonchev–Trinajstić information content (AvgIpc) is 2.54. The molecule has 0 fully saturated rings. The van der Waals surface area contributed by atoms with Gasteiger partial charge in [0.1, 0.15) is 17.7 Å². The first-order valence-corrected chi connectivity index (χ1v) is 7.27. The minimum atomic E-state index is -1.58. The van der Waals surface area contributed by atoms with Crippen molar-refractivity contribution in [2.75, 3.05) is 13.2 Å². The molecule has 0 aromatic heterocycles. The van der Waals surface area contributed by atoms with Crippen LogP contribution in [0.2, 0.25) is 0 Å². The predicted octanol–water partition coefficient (Wildman–Crippen LogP) is 2.97. The largest absolute Gasteiger partial charge is 0.490 e. The second-order valence-electron chi connectivity index (χ2n) is 4.91. The lowest BCUT2D eigenvalue weighted by atomic mass is 10.1. The zero-order valence-corrected chi connectivity index (χ0v) is 12.9. The predicted molar refractivity (Wildman–Crippen MR) is 81.2 cm³/mol.